The highest BCUT2D eigenvalue weighted by Gasteiger charge is 2.19. The first kappa shape index (κ1) is 72.8. The van der Waals surface area contributed by atoms with Crippen molar-refractivity contribution in [2.24, 2.45) is 0 Å². The maximum Gasteiger partial charge on any atom is 0.306 e. The van der Waals surface area contributed by atoms with Gasteiger partial charge in [0.15, 0.2) is 6.10 Å². The minimum atomic E-state index is -0.781. The Hall–Kier alpha value is -3.15. The number of esters is 3. The van der Waals surface area contributed by atoms with Gasteiger partial charge in [0.05, 0.1) is 0 Å². The van der Waals surface area contributed by atoms with Gasteiger partial charge in [-0.05, 0) is 89.9 Å². The molecule has 0 rings (SSSR count). The Morgan fingerprint density at radius 2 is 0.513 bits per heavy atom. The Labute approximate surface area is 472 Å². The van der Waals surface area contributed by atoms with Crippen molar-refractivity contribution < 1.29 is 28.6 Å². The molecule has 0 fully saturated rings. The number of hydrogen-bond acceptors (Lipinski definition) is 6. The topological polar surface area (TPSA) is 78.9 Å². The van der Waals surface area contributed by atoms with Crippen LogP contribution in [-0.4, -0.2) is 37.2 Å². The van der Waals surface area contributed by atoms with Gasteiger partial charge in [0.1, 0.15) is 13.2 Å². The highest BCUT2D eigenvalue weighted by atomic mass is 16.6. The van der Waals surface area contributed by atoms with E-state index in [1.54, 1.807) is 0 Å². The Balaban J connectivity index is 4.31. The summed E-state index contributed by atoms with van der Waals surface area (Å²) in [6.45, 7) is 6.54. The predicted octanol–water partition coefficient (Wildman–Crippen LogP) is 22.5. The minimum Gasteiger partial charge on any atom is -0.462 e. The van der Waals surface area contributed by atoms with Gasteiger partial charge >= 0.3 is 17.9 Å². The molecule has 0 N–H and O–H groups in total. The largest absolute Gasteiger partial charge is 0.462 e. The van der Waals surface area contributed by atoms with Crippen molar-refractivity contribution in [3.63, 3.8) is 0 Å². The molecule has 0 aromatic heterocycles. The third-order valence-corrected chi connectivity index (χ3v) is 14.4. The summed E-state index contributed by atoms with van der Waals surface area (Å²) in [5, 5.41) is 0. The SMILES string of the molecule is CC/C=C\C/C=C\C/C=C\C/C=C\CCCCCCCCCCCCCCC(=O)OCC(COC(=O)CCCCCCC/C=C\C/C=C\CCCCC)OC(=O)CCCCCCCCCCCCCCCCCCCC. The van der Waals surface area contributed by atoms with E-state index in [4.69, 9.17) is 14.2 Å². The molecule has 0 aromatic carbocycles. The number of carbonyl (C=O) groups excluding carboxylic acids is 3. The second-order valence-electron chi connectivity index (χ2n) is 22.0. The predicted molar refractivity (Wildman–Crippen MR) is 330 cm³/mol. The first-order valence-electron chi connectivity index (χ1n) is 32.9. The minimum absolute atomic E-state index is 0.0774. The summed E-state index contributed by atoms with van der Waals surface area (Å²) >= 11 is 0. The Kier molecular flexibility index (Phi) is 61.7. The van der Waals surface area contributed by atoms with Crippen molar-refractivity contribution in [3.8, 4) is 0 Å². The van der Waals surface area contributed by atoms with E-state index < -0.39 is 6.10 Å². The van der Waals surface area contributed by atoms with E-state index in [1.165, 1.54) is 193 Å². The molecule has 1 atom stereocenters. The number of ether oxygens (including phenoxy) is 3. The summed E-state index contributed by atoms with van der Waals surface area (Å²) in [5.41, 5.74) is 0. The van der Waals surface area contributed by atoms with Crippen molar-refractivity contribution in [2.75, 3.05) is 13.2 Å². The lowest BCUT2D eigenvalue weighted by Crippen LogP contribution is -2.30. The van der Waals surface area contributed by atoms with E-state index in [-0.39, 0.29) is 31.1 Å². The second kappa shape index (κ2) is 64.4. The number of carbonyl (C=O) groups is 3. The van der Waals surface area contributed by atoms with Crippen molar-refractivity contribution in [1.29, 1.82) is 0 Å². The fourth-order valence-corrected chi connectivity index (χ4v) is 9.53. The Morgan fingerprint density at radius 3 is 0.829 bits per heavy atom. The van der Waals surface area contributed by atoms with Gasteiger partial charge in [-0.1, -0.05) is 299 Å². The van der Waals surface area contributed by atoms with Crippen LogP contribution in [0.3, 0.4) is 0 Å². The first-order valence-corrected chi connectivity index (χ1v) is 32.9. The third-order valence-electron chi connectivity index (χ3n) is 14.4. The molecule has 0 aliphatic carbocycles. The maximum absolute atomic E-state index is 12.9. The molecule has 76 heavy (non-hydrogen) atoms. The molecule has 0 saturated carbocycles. The fraction of sp³-hybridized carbons (Fsp3) is 0.786. The number of unbranched alkanes of at least 4 members (excludes halogenated alkanes) is 37. The molecule has 0 bridgehead atoms. The summed E-state index contributed by atoms with van der Waals surface area (Å²) in [6.07, 6.45) is 83.4. The molecule has 1 unspecified atom stereocenters. The van der Waals surface area contributed by atoms with Gasteiger partial charge < -0.3 is 14.2 Å². The van der Waals surface area contributed by atoms with Crippen LogP contribution in [0.25, 0.3) is 0 Å². The van der Waals surface area contributed by atoms with E-state index in [9.17, 15) is 14.4 Å². The molecule has 6 nitrogen and oxygen atoms in total. The van der Waals surface area contributed by atoms with Crippen LogP contribution in [0, 0.1) is 0 Å². The molecule has 440 valence electrons. The lowest BCUT2D eigenvalue weighted by atomic mass is 10.0. The number of allylic oxidation sites excluding steroid dienone is 12. The molecule has 0 aliphatic heterocycles. The van der Waals surface area contributed by atoms with Crippen molar-refractivity contribution >= 4 is 17.9 Å². The van der Waals surface area contributed by atoms with Crippen LogP contribution in [0.15, 0.2) is 72.9 Å². The molecule has 0 amide bonds. The Morgan fingerprint density at radius 1 is 0.276 bits per heavy atom. The monoisotopic (exact) mass is 1060 g/mol. The molecule has 0 heterocycles. The average molecular weight is 1060 g/mol. The van der Waals surface area contributed by atoms with Crippen molar-refractivity contribution in [2.45, 2.75) is 341 Å². The van der Waals surface area contributed by atoms with E-state index in [0.717, 1.165) is 103 Å². The molecular formula is C70H124O6. The van der Waals surface area contributed by atoms with Gasteiger partial charge in [-0.3, -0.25) is 14.4 Å². The van der Waals surface area contributed by atoms with Crippen LogP contribution >= 0.6 is 0 Å². The summed E-state index contributed by atoms with van der Waals surface area (Å²) in [5.74, 6) is -0.874. The number of rotatable bonds is 60. The zero-order valence-corrected chi connectivity index (χ0v) is 50.5. The van der Waals surface area contributed by atoms with Gasteiger partial charge in [0, 0.05) is 19.3 Å². The summed E-state index contributed by atoms with van der Waals surface area (Å²) < 4.78 is 17.0. The zero-order valence-electron chi connectivity index (χ0n) is 50.5. The molecule has 0 aromatic rings. The van der Waals surface area contributed by atoms with Gasteiger partial charge in [-0.2, -0.15) is 0 Å². The van der Waals surface area contributed by atoms with Crippen molar-refractivity contribution in [3.05, 3.63) is 72.9 Å². The quantitative estimate of drug-likeness (QED) is 0.0261. The van der Waals surface area contributed by atoms with Gasteiger partial charge in [0.25, 0.3) is 0 Å². The normalized spacial score (nSPS) is 12.5. The van der Waals surface area contributed by atoms with E-state index in [2.05, 4.69) is 93.7 Å². The lowest BCUT2D eigenvalue weighted by molar-refractivity contribution is -0.167. The van der Waals surface area contributed by atoms with E-state index >= 15 is 0 Å². The van der Waals surface area contributed by atoms with Gasteiger partial charge in [-0.15, -0.1) is 0 Å². The van der Waals surface area contributed by atoms with Crippen LogP contribution in [0.4, 0.5) is 0 Å². The average Bonchev–Trinajstić information content (AvgIpc) is 3.42. The summed E-state index contributed by atoms with van der Waals surface area (Å²) in [6, 6.07) is 0. The molecule has 0 radical (unpaired) electrons. The summed E-state index contributed by atoms with van der Waals surface area (Å²) in [7, 11) is 0. The second-order valence-corrected chi connectivity index (χ2v) is 22.0. The molecular weight excluding hydrogens is 937 g/mol. The number of hydrogen-bond donors (Lipinski definition) is 0. The smallest absolute Gasteiger partial charge is 0.306 e. The highest BCUT2D eigenvalue weighted by molar-refractivity contribution is 5.71. The zero-order chi connectivity index (χ0) is 55.0. The molecule has 0 aliphatic rings. The molecule has 0 spiro atoms. The maximum atomic E-state index is 12.9. The summed E-state index contributed by atoms with van der Waals surface area (Å²) in [4.78, 5) is 38.4. The van der Waals surface area contributed by atoms with Crippen LogP contribution in [-0.2, 0) is 28.6 Å². The van der Waals surface area contributed by atoms with Gasteiger partial charge in [-0.25, -0.2) is 0 Å². The Bertz CT molecular complexity index is 1400. The highest BCUT2D eigenvalue weighted by Crippen LogP contribution is 2.17. The third kappa shape index (κ3) is 61.7. The van der Waals surface area contributed by atoms with E-state index in [1.807, 2.05) is 0 Å². The van der Waals surface area contributed by atoms with Crippen LogP contribution in [0.2, 0.25) is 0 Å². The standard InChI is InChI=1S/C70H124O6/c1-4-7-10-13-16-19-22-25-28-30-32-33-34-35-36-37-38-40-42-45-48-51-54-57-60-63-69(72)75-66-67(65-74-68(71)62-59-56-53-50-47-44-41-27-24-21-18-15-12-9-6-3)76-70(73)64-61-58-55-52-49-46-43-39-31-29-26-23-20-17-14-11-8-5-2/h7,10,16,18-19,21,25,27-28,32-33,41,67H,4-6,8-9,11-15,17,20,22-24,26,29-31,34-40,42-66H2,1-3H3/b10-7-,19-16-,21-18-,28-25-,33-32-,41-27-. The van der Waals surface area contributed by atoms with Crippen LogP contribution in [0.1, 0.15) is 335 Å². The van der Waals surface area contributed by atoms with Gasteiger partial charge in [0.2, 0.25) is 0 Å². The van der Waals surface area contributed by atoms with Crippen molar-refractivity contribution in [1.82, 2.24) is 0 Å². The molecule has 0 saturated heterocycles. The lowest BCUT2D eigenvalue weighted by Gasteiger charge is -2.18. The van der Waals surface area contributed by atoms with Crippen LogP contribution < -0.4 is 0 Å². The van der Waals surface area contributed by atoms with E-state index in [0.29, 0.717) is 19.3 Å². The van der Waals surface area contributed by atoms with Crippen LogP contribution in [0.5, 0.6) is 0 Å². The first-order chi connectivity index (χ1) is 37.5. The fourth-order valence-electron chi connectivity index (χ4n) is 9.53. The molecule has 6 heteroatoms.